The maximum absolute atomic E-state index is 6.69. The van der Waals surface area contributed by atoms with Crippen LogP contribution in [0.15, 0.2) is 140 Å². The molecule has 0 aromatic heterocycles. The van der Waals surface area contributed by atoms with Crippen LogP contribution in [0.2, 0.25) is 0 Å². The molecule has 3 nitrogen and oxygen atoms in total. The van der Waals surface area contributed by atoms with Crippen LogP contribution in [0.3, 0.4) is 0 Å². The van der Waals surface area contributed by atoms with Crippen LogP contribution >= 0.6 is 0 Å². The molecule has 6 aromatic rings. The van der Waals surface area contributed by atoms with Crippen LogP contribution in [-0.4, -0.2) is 18.3 Å². The van der Waals surface area contributed by atoms with Crippen LogP contribution in [0.4, 0.5) is 0 Å². The molecule has 3 heterocycles. The standard InChI is InChI=1S/C47H37BO3/c1-45(2)46(3,4)51-48(50-45)28-21-22-41-35(25-28)31-15-7-5-13-29(31)30-14-6-8-16-32(30)36-26-37-38(44-24-23-43(37)49-44)27-42(36)47(41)39-19-11-9-17-33(39)34-18-10-12-20-40(34)47/h5-27,43-44H,1-4H3. The summed E-state index contributed by atoms with van der Waals surface area (Å²) in [7, 11) is -0.485. The van der Waals surface area contributed by atoms with E-state index in [4.69, 9.17) is 14.0 Å². The van der Waals surface area contributed by atoms with E-state index in [-0.39, 0.29) is 12.2 Å². The summed E-state index contributed by atoms with van der Waals surface area (Å²) < 4.78 is 19.9. The summed E-state index contributed by atoms with van der Waals surface area (Å²) in [5, 5.41) is 0. The third kappa shape index (κ3) is 3.80. The van der Waals surface area contributed by atoms with E-state index in [0.717, 1.165) is 5.46 Å². The summed E-state index contributed by atoms with van der Waals surface area (Å²) in [6.45, 7) is 8.50. The molecule has 0 radical (unpaired) electrons. The van der Waals surface area contributed by atoms with Gasteiger partial charge in [-0.25, -0.2) is 0 Å². The Morgan fingerprint density at radius 2 is 0.863 bits per heavy atom. The van der Waals surface area contributed by atoms with Gasteiger partial charge in [0.2, 0.25) is 0 Å². The molecule has 2 bridgehead atoms. The summed E-state index contributed by atoms with van der Waals surface area (Å²) in [5.41, 5.74) is 17.0. The number of rotatable bonds is 1. The minimum Gasteiger partial charge on any atom is -0.399 e. The van der Waals surface area contributed by atoms with Crippen LogP contribution in [0.25, 0.3) is 44.5 Å². The first-order valence-corrected chi connectivity index (χ1v) is 18.2. The summed E-state index contributed by atoms with van der Waals surface area (Å²) in [4.78, 5) is 0. The molecule has 246 valence electrons. The van der Waals surface area contributed by atoms with Gasteiger partial charge in [-0.3, -0.25) is 0 Å². The SMILES string of the molecule is CC1(C)OB(c2ccc3c(c2)-c2ccccc2-c2ccccc2-c2cc4c(cc2C32c3ccccc3-c3ccccc32)C2C=CC4O2)OC1(C)C. The molecule has 1 spiro atoms. The summed E-state index contributed by atoms with van der Waals surface area (Å²) in [5.74, 6) is 0. The van der Waals surface area contributed by atoms with Gasteiger partial charge < -0.3 is 14.0 Å². The largest absolute Gasteiger partial charge is 0.494 e. The molecular weight excluding hydrogens is 623 g/mol. The van der Waals surface area contributed by atoms with E-state index in [2.05, 4.69) is 167 Å². The van der Waals surface area contributed by atoms with Gasteiger partial charge in [0.15, 0.2) is 0 Å². The van der Waals surface area contributed by atoms with Crippen molar-refractivity contribution >= 4 is 12.6 Å². The highest BCUT2D eigenvalue weighted by Gasteiger charge is 2.53. The van der Waals surface area contributed by atoms with Gasteiger partial charge in [-0.2, -0.15) is 0 Å². The van der Waals surface area contributed by atoms with Crippen molar-refractivity contribution in [3.63, 3.8) is 0 Å². The molecule has 6 aromatic carbocycles. The van der Waals surface area contributed by atoms with Crippen LogP contribution < -0.4 is 5.46 Å². The van der Waals surface area contributed by atoms with Crippen molar-refractivity contribution < 1.29 is 14.0 Å². The van der Waals surface area contributed by atoms with E-state index in [1.807, 2.05) is 0 Å². The van der Waals surface area contributed by atoms with Crippen molar-refractivity contribution in [2.24, 2.45) is 0 Å². The highest BCUT2D eigenvalue weighted by molar-refractivity contribution is 6.62. The average molecular weight is 661 g/mol. The Bertz CT molecular complexity index is 2450. The quantitative estimate of drug-likeness (QED) is 0.130. The van der Waals surface area contributed by atoms with E-state index in [1.165, 1.54) is 77.9 Å². The van der Waals surface area contributed by atoms with Crippen LogP contribution in [0.5, 0.6) is 0 Å². The number of hydrogen-bond acceptors (Lipinski definition) is 3. The van der Waals surface area contributed by atoms with Crippen molar-refractivity contribution in [3.05, 3.63) is 173 Å². The van der Waals surface area contributed by atoms with Crippen LogP contribution in [0, 0.1) is 0 Å². The van der Waals surface area contributed by atoms with Gasteiger partial charge in [0.05, 0.1) is 16.6 Å². The Kier molecular flexibility index (Phi) is 5.87. The minimum atomic E-state index is -0.628. The van der Waals surface area contributed by atoms with Crippen molar-refractivity contribution in [2.45, 2.75) is 56.5 Å². The second-order valence-corrected chi connectivity index (χ2v) is 15.7. The lowest BCUT2D eigenvalue weighted by atomic mass is 9.63. The van der Waals surface area contributed by atoms with E-state index in [0.29, 0.717) is 0 Å². The lowest BCUT2D eigenvalue weighted by molar-refractivity contribution is 0.00578. The van der Waals surface area contributed by atoms with Gasteiger partial charge in [0, 0.05) is 0 Å². The van der Waals surface area contributed by atoms with E-state index in [9.17, 15) is 0 Å². The molecule has 2 unspecified atom stereocenters. The lowest BCUT2D eigenvalue weighted by Gasteiger charge is -2.37. The average Bonchev–Trinajstić information content (AvgIpc) is 3.90. The van der Waals surface area contributed by atoms with Crippen molar-refractivity contribution in [1.82, 2.24) is 0 Å². The van der Waals surface area contributed by atoms with Gasteiger partial charge in [0.25, 0.3) is 0 Å². The summed E-state index contributed by atoms with van der Waals surface area (Å²) in [6.07, 6.45) is 4.39. The van der Waals surface area contributed by atoms with Gasteiger partial charge in [0.1, 0.15) is 12.2 Å². The predicted molar refractivity (Wildman–Crippen MR) is 205 cm³/mol. The van der Waals surface area contributed by atoms with Gasteiger partial charge >= 0.3 is 7.12 Å². The van der Waals surface area contributed by atoms with Crippen LogP contribution in [-0.2, 0) is 19.5 Å². The molecule has 0 N–H and O–H groups in total. The van der Waals surface area contributed by atoms with Crippen molar-refractivity contribution in [1.29, 1.82) is 0 Å². The lowest BCUT2D eigenvalue weighted by Crippen LogP contribution is -2.41. The third-order valence-corrected chi connectivity index (χ3v) is 12.6. The Morgan fingerprint density at radius 1 is 0.431 bits per heavy atom. The monoisotopic (exact) mass is 660 g/mol. The normalized spacial score (nSPS) is 21.5. The zero-order valence-electron chi connectivity index (χ0n) is 29.2. The third-order valence-electron chi connectivity index (χ3n) is 12.6. The molecule has 11 rings (SSSR count). The van der Waals surface area contributed by atoms with Crippen molar-refractivity contribution in [3.8, 4) is 44.5 Å². The van der Waals surface area contributed by atoms with Gasteiger partial charge in [-0.1, -0.05) is 133 Å². The summed E-state index contributed by atoms with van der Waals surface area (Å²) in [6, 6.07) is 47.9. The van der Waals surface area contributed by atoms with E-state index < -0.39 is 23.7 Å². The molecule has 1 fully saturated rings. The first-order valence-electron chi connectivity index (χ1n) is 18.2. The van der Waals surface area contributed by atoms with Gasteiger partial charge in [-0.05, 0) is 117 Å². The molecule has 5 aliphatic rings. The number of benzene rings is 6. The second-order valence-electron chi connectivity index (χ2n) is 15.7. The van der Waals surface area contributed by atoms with Crippen molar-refractivity contribution in [2.75, 3.05) is 0 Å². The molecule has 1 saturated heterocycles. The number of ether oxygens (including phenoxy) is 1. The van der Waals surface area contributed by atoms with Crippen LogP contribution in [0.1, 0.15) is 73.3 Å². The Labute approximate surface area is 299 Å². The maximum atomic E-state index is 6.69. The smallest absolute Gasteiger partial charge is 0.399 e. The second kappa shape index (κ2) is 10.1. The fraction of sp³-hybridized carbons (Fsp3) is 0.191. The molecular formula is C47H37BO3. The van der Waals surface area contributed by atoms with E-state index >= 15 is 0 Å². The Morgan fingerprint density at radius 3 is 1.41 bits per heavy atom. The number of hydrogen-bond donors (Lipinski definition) is 0. The molecule has 0 amide bonds. The fourth-order valence-corrected chi connectivity index (χ4v) is 9.57. The topological polar surface area (TPSA) is 27.7 Å². The predicted octanol–water partition coefficient (Wildman–Crippen LogP) is 10.3. The van der Waals surface area contributed by atoms with Gasteiger partial charge in [-0.15, -0.1) is 0 Å². The molecule has 3 aliphatic heterocycles. The molecule has 2 aliphatic carbocycles. The fourth-order valence-electron chi connectivity index (χ4n) is 9.57. The zero-order valence-corrected chi connectivity index (χ0v) is 29.2. The Hall–Kier alpha value is -5.00. The molecule has 0 saturated carbocycles. The minimum absolute atomic E-state index is 0.0174. The highest BCUT2D eigenvalue weighted by Crippen LogP contribution is 2.62. The first kappa shape index (κ1) is 29.7. The zero-order chi connectivity index (χ0) is 34.3. The highest BCUT2D eigenvalue weighted by atomic mass is 16.7. The summed E-state index contributed by atoms with van der Waals surface area (Å²) >= 11 is 0. The Balaban J connectivity index is 1.33. The number of fused-ring (bicyclic) bond motifs is 19. The first-order chi connectivity index (χ1) is 24.8. The molecule has 2 atom stereocenters. The van der Waals surface area contributed by atoms with E-state index in [1.54, 1.807) is 0 Å². The maximum Gasteiger partial charge on any atom is 0.494 e. The molecule has 51 heavy (non-hydrogen) atoms. The molecule has 4 heteroatoms.